The van der Waals surface area contributed by atoms with E-state index in [1.54, 1.807) is 7.05 Å². The molecule has 3 aliphatic rings. The Labute approximate surface area is 191 Å². The molecule has 2 atom stereocenters. The van der Waals surface area contributed by atoms with Crippen LogP contribution in [0, 0.1) is 0 Å². The maximum absolute atomic E-state index is 12.5. The Balaban J connectivity index is 0.00000300. The molecule has 1 amide bonds. The van der Waals surface area contributed by atoms with Crippen LogP contribution < -0.4 is 5.32 Å². The first kappa shape index (κ1) is 24.5. The highest BCUT2D eigenvalue weighted by Crippen LogP contribution is 2.28. The van der Waals surface area contributed by atoms with Gasteiger partial charge in [0.25, 0.3) is 0 Å². The van der Waals surface area contributed by atoms with E-state index < -0.39 is 5.60 Å². The summed E-state index contributed by atoms with van der Waals surface area (Å²) < 4.78 is 17.3. The average Bonchev–Trinajstić information content (AvgIpc) is 3.32. The smallest absolute Gasteiger partial charge is 0.410 e. The molecule has 168 valence electrons. The molecule has 0 aromatic heterocycles. The van der Waals surface area contributed by atoms with Gasteiger partial charge in [-0.1, -0.05) is 0 Å². The van der Waals surface area contributed by atoms with Gasteiger partial charge < -0.3 is 29.3 Å². The van der Waals surface area contributed by atoms with Crippen LogP contribution in [0.25, 0.3) is 0 Å². The van der Waals surface area contributed by atoms with Crippen LogP contribution in [0.1, 0.15) is 46.5 Å². The van der Waals surface area contributed by atoms with Crippen molar-refractivity contribution in [2.75, 3.05) is 46.4 Å². The number of guanidine groups is 1. The molecule has 0 bridgehead atoms. The summed E-state index contributed by atoms with van der Waals surface area (Å²) in [6.45, 7) is 10.1. The number of halogens is 1. The van der Waals surface area contributed by atoms with Gasteiger partial charge in [0.1, 0.15) is 11.7 Å². The molecule has 3 fully saturated rings. The minimum Gasteiger partial charge on any atom is -0.444 e. The number of hydrogen-bond acceptors (Lipinski definition) is 5. The summed E-state index contributed by atoms with van der Waals surface area (Å²) in [5, 5.41) is 3.41. The van der Waals surface area contributed by atoms with Crippen LogP contribution in [0.15, 0.2) is 4.99 Å². The second kappa shape index (κ2) is 11.0. The van der Waals surface area contributed by atoms with E-state index in [2.05, 4.69) is 15.2 Å². The van der Waals surface area contributed by atoms with E-state index >= 15 is 0 Å². The molecular weight excluding hydrogens is 487 g/mol. The van der Waals surface area contributed by atoms with Gasteiger partial charge in [-0.05, 0) is 46.5 Å². The van der Waals surface area contributed by atoms with E-state index in [9.17, 15) is 4.79 Å². The molecule has 2 unspecified atom stereocenters. The molecule has 3 rings (SSSR count). The van der Waals surface area contributed by atoms with Crippen LogP contribution in [0.5, 0.6) is 0 Å². The molecule has 2 heterocycles. The van der Waals surface area contributed by atoms with Crippen molar-refractivity contribution in [2.45, 2.75) is 70.3 Å². The third-order valence-corrected chi connectivity index (χ3v) is 5.24. The van der Waals surface area contributed by atoms with Crippen LogP contribution in [-0.4, -0.2) is 92.1 Å². The molecule has 29 heavy (non-hydrogen) atoms. The van der Waals surface area contributed by atoms with Gasteiger partial charge in [0.2, 0.25) is 0 Å². The Bertz CT molecular complexity index is 559. The third kappa shape index (κ3) is 7.43. The Morgan fingerprint density at radius 3 is 2.52 bits per heavy atom. The highest BCUT2D eigenvalue weighted by atomic mass is 127. The summed E-state index contributed by atoms with van der Waals surface area (Å²) in [5.74, 6) is 0.853. The Morgan fingerprint density at radius 1 is 1.21 bits per heavy atom. The number of carbonyl (C=O) groups excluding carboxylic acids is 1. The van der Waals surface area contributed by atoms with Crippen LogP contribution in [0.4, 0.5) is 4.79 Å². The molecule has 2 saturated heterocycles. The maximum Gasteiger partial charge on any atom is 0.410 e. The van der Waals surface area contributed by atoms with Crippen molar-refractivity contribution in [1.29, 1.82) is 0 Å². The molecule has 0 spiro atoms. The van der Waals surface area contributed by atoms with Crippen LogP contribution >= 0.6 is 24.0 Å². The van der Waals surface area contributed by atoms with E-state index in [1.165, 1.54) is 0 Å². The summed E-state index contributed by atoms with van der Waals surface area (Å²) in [5.41, 5.74) is -0.473. The second-order valence-electron chi connectivity index (χ2n) is 8.79. The second-order valence-corrected chi connectivity index (χ2v) is 8.79. The minimum absolute atomic E-state index is 0. The standard InChI is InChI=1S/C20H36N4O4.HI/c1-20(2,3)28-19(25)24(15-7-8-15)10-9-22-18(21-4)23-11-13-27-17(14-23)16-6-5-12-26-16;/h15-17H,5-14H2,1-4H3,(H,21,22);1H. The van der Waals surface area contributed by atoms with Crippen molar-refractivity contribution >= 4 is 36.0 Å². The van der Waals surface area contributed by atoms with E-state index in [0.717, 1.165) is 51.3 Å². The molecule has 0 aromatic rings. The zero-order valence-corrected chi connectivity index (χ0v) is 20.5. The number of rotatable bonds is 5. The largest absolute Gasteiger partial charge is 0.444 e. The van der Waals surface area contributed by atoms with Gasteiger partial charge in [0.05, 0.1) is 12.7 Å². The number of ether oxygens (including phenoxy) is 3. The Hall–Kier alpha value is -0.810. The van der Waals surface area contributed by atoms with Gasteiger partial charge in [-0.2, -0.15) is 0 Å². The zero-order valence-electron chi connectivity index (χ0n) is 18.2. The SMILES string of the molecule is CN=C(NCCN(C(=O)OC(C)(C)C)C1CC1)N1CCOC(C2CCCO2)C1.I. The number of morpholine rings is 1. The van der Waals surface area contributed by atoms with Gasteiger partial charge in [-0.25, -0.2) is 4.79 Å². The fraction of sp³-hybridized carbons (Fsp3) is 0.900. The number of amides is 1. The monoisotopic (exact) mass is 524 g/mol. The topological polar surface area (TPSA) is 75.6 Å². The maximum atomic E-state index is 12.5. The van der Waals surface area contributed by atoms with Gasteiger partial charge in [0, 0.05) is 45.9 Å². The molecule has 9 heteroatoms. The van der Waals surface area contributed by atoms with Crippen LogP contribution in [-0.2, 0) is 14.2 Å². The zero-order chi connectivity index (χ0) is 20.1. The highest BCUT2D eigenvalue weighted by Gasteiger charge is 2.35. The van der Waals surface area contributed by atoms with Crippen molar-refractivity contribution < 1.29 is 19.0 Å². The van der Waals surface area contributed by atoms with E-state index in [1.807, 2.05) is 25.7 Å². The molecule has 1 N–H and O–H groups in total. The van der Waals surface area contributed by atoms with Gasteiger partial charge in [0.15, 0.2) is 5.96 Å². The van der Waals surface area contributed by atoms with Crippen molar-refractivity contribution in [3.05, 3.63) is 0 Å². The van der Waals surface area contributed by atoms with Crippen molar-refractivity contribution in [3.63, 3.8) is 0 Å². The predicted molar refractivity (Wildman–Crippen MR) is 123 cm³/mol. The van der Waals surface area contributed by atoms with E-state index in [4.69, 9.17) is 14.2 Å². The fourth-order valence-electron chi connectivity index (χ4n) is 3.74. The number of carbonyl (C=O) groups is 1. The van der Waals surface area contributed by atoms with Gasteiger partial charge >= 0.3 is 6.09 Å². The summed E-state index contributed by atoms with van der Waals surface area (Å²) >= 11 is 0. The minimum atomic E-state index is -0.473. The van der Waals surface area contributed by atoms with Crippen molar-refractivity contribution in [1.82, 2.24) is 15.1 Å². The summed E-state index contributed by atoms with van der Waals surface area (Å²) in [7, 11) is 1.80. The van der Waals surface area contributed by atoms with Crippen LogP contribution in [0.2, 0.25) is 0 Å². The number of hydrogen-bond donors (Lipinski definition) is 1. The lowest BCUT2D eigenvalue weighted by Gasteiger charge is -2.37. The third-order valence-electron chi connectivity index (χ3n) is 5.24. The molecule has 0 aromatic carbocycles. The molecule has 1 aliphatic carbocycles. The highest BCUT2D eigenvalue weighted by molar-refractivity contribution is 14.0. The molecule has 0 radical (unpaired) electrons. The Kier molecular flexibility index (Phi) is 9.27. The lowest BCUT2D eigenvalue weighted by Crippen LogP contribution is -2.54. The van der Waals surface area contributed by atoms with Crippen molar-refractivity contribution in [2.24, 2.45) is 4.99 Å². The Morgan fingerprint density at radius 2 is 1.93 bits per heavy atom. The number of nitrogens with zero attached hydrogens (tertiary/aromatic N) is 3. The summed E-state index contributed by atoms with van der Waals surface area (Å²) in [6.07, 6.45) is 4.35. The molecule has 2 aliphatic heterocycles. The van der Waals surface area contributed by atoms with Crippen LogP contribution in [0.3, 0.4) is 0 Å². The predicted octanol–water partition coefficient (Wildman–Crippen LogP) is 2.46. The average molecular weight is 524 g/mol. The fourth-order valence-corrected chi connectivity index (χ4v) is 3.74. The normalized spacial score (nSPS) is 25.4. The van der Waals surface area contributed by atoms with Gasteiger partial charge in [-0.15, -0.1) is 24.0 Å². The van der Waals surface area contributed by atoms with E-state index in [-0.39, 0.29) is 42.3 Å². The van der Waals surface area contributed by atoms with Crippen molar-refractivity contribution in [3.8, 4) is 0 Å². The quantitative estimate of drug-likeness (QED) is 0.339. The lowest BCUT2D eigenvalue weighted by molar-refractivity contribution is -0.0817. The summed E-state index contributed by atoms with van der Waals surface area (Å²) in [4.78, 5) is 21.0. The first-order chi connectivity index (χ1) is 13.4. The molecule has 8 nitrogen and oxygen atoms in total. The summed E-state index contributed by atoms with van der Waals surface area (Å²) in [6, 6.07) is 0.311. The lowest BCUT2D eigenvalue weighted by atomic mass is 10.1. The van der Waals surface area contributed by atoms with Gasteiger partial charge in [-0.3, -0.25) is 4.99 Å². The first-order valence-electron chi connectivity index (χ1n) is 10.6. The molecule has 1 saturated carbocycles. The first-order valence-corrected chi connectivity index (χ1v) is 10.6. The molecular formula is C20H37IN4O4. The number of nitrogens with one attached hydrogen (secondary N) is 1. The number of aliphatic imine (C=N–C) groups is 1. The van der Waals surface area contributed by atoms with E-state index in [0.29, 0.717) is 25.7 Å².